The highest BCUT2D eigenvalue weighted by Crippen LogP contribution is 2.36. The van der Waals surface area contributed by atoms with Gasteiger partial charge in [0.25, 0.3) is 5.91 Å². The standard InChI is InChI=1S/C41H47ClN4O7/c1-26-29(8-5-9-33(26)34-10-6-12-37(27(34)2)51-15-7-14-46-22-32(47)23-46)25-53-39-18-38-30(17-35(39)42)21-45-36(41(49)50)11-3-4-13-44-40(48)31-16-28(24-52-38)19-43-20-31/h5-6,8-10,12,16-20,32,36,45,47H,3-4,7,11,13-15,21-25H2,1-2H3,(H,44,48)(H,49,50)/t36-/m0/s1. The summed E-state index contributed by atoms with van der Waals surface area (Å²) >= 11 is 6.80. The highest BCUT2D eigenvalue weighted by molar-refractivity contribution is 6.32. The molecular formula is C41H47ClN4O7. The Morgan fingerprint density at radius 2 is 1.81 bits per heavy atom. The molecule has 2 bridgehead atoms. The molecule has 3 heterocycles. The van der Waals surface area contributed by atoms with Gasteiger partial charge in [0.05, 0.1) is 23.3 Å². The van der Waals surface area contributed by atoms with E-state index < -0.39 is 12.0 Å². The number of aliphatic hydroxyl groups is 1. The average Bonchev–Trinajstić information content (AvgIpc) is 3.13. The monoisotopic (exact) mass is 742 g/mol. The minimum absolute atomic E-state index is 0.121. The van der Waals surface area contributed by atoms with Gasteiger partial charge in [-0.1, -0.05) is 41.9 Å². The van der Waals surface area contributed by atoms with Crippen LogP contribution < -0.4 is 24.8 Å². The Morgan fingerprint density at radius 1 is 1.02 bits per heavy atom. The first-order valence-electron chi connectivity index (χ1n) is 18.1. The van der Waals surface area contributed by atoms with Crippen molar-refractivity contribution >= 4 is 23.5 Å². The van der Waals surface area contributed by atoms with Gasteiger partial charge >= 0.3 is 5.97 Å². The van der Waals surface area contributed by atoms with Crippen LogP contribution in [-0.4, -0.2) is 76.9 Å². The van der Waals surface area contributed by atoms with Crippen molar-refractivity contribution in [3.05, 3.63) is 105 Å². The van der Waals surface area contributed by atoms with E-state index >= 15 is 0 Å². The molecular weight excluding hydrogens is 696 g/mol. The van der Waals surface area contributed by atoms with E-state index in [4.69, 9.17) is 25.8 Å². The predicted molar refractivity (Wildman–Crippen MR) is 203 cm³/mol. The van der Waals surface area contributed by atoms with Gasteiger partial charge in [-0.2, -0.15) is 0 Å². The number of amides is 1. The molecule has 2 aliphatic heterocycles. The first-order valence-corrected chi connectivity index (χ1v) is 18.5. The van der Waals surface area contributed by atoms with E-state index in [0.29, 0.717) is 65.6 Å². The zero-order valence-electron chi connectivity index (χ0n) is 30.2. The number of β-amino-alcohol motifs (C(OH)–C–C–N with tert-alkyl or cyclic N) is 1. The zero-order valence-corrected chi connectivity index (χ0v) is 31.0. The number of carbonyl (C=O) groups excluding carboxylic acids is 1. The highest BCUT2D eigenvalue weighted by atomic mass is 35.5. The molecule has 1 amide bonds. The molecule has 6 rings (SSSR count). The maximum absolute atomic E-state index is 12.7. The first-order chi connectivity index (χ1) is 25.7. The maximum atomic E-state index is 12.7. The number of pyridine rings is 1. The van der Waals surface area contributed by atoms with Crippen LogP contribution in [0.25, 0.3) is 11.1 Å². The van der Waals surface area contributed by atoms with E-state index in [2.05, 4.69) is 46.5 Å². The van der Waals surface area contributed by atoms with Crippen molar-refractivity contribution < 1.29 is 34.0 Å². The lowest BCUT2D eigenvalue weighted by Crippen LogP contribution is -2.50. The average molecular weight is 743 g/mol. The van der Waals surface area contributed by atoms with Gasteiger partial charge in [0, 0.05) is 62.3 Å². The van der Waals surface area contributed by atoms with Gasteiger partial charge in [-0.3, -0.25) is 19.5 Å². The van der Waals surface area contributed by atoms with Crippen LogP contribution in [0.3, 0.4) is 0 Å². The number of nitrogens with one attached hydrogen (secondary N) is 2. The summed E-state index contributed by atoms with van der Waals surface area (Å²) < 4.78 is 18.8. The third-order valence-electron chi connectivity index (χ3n) is 9.83. The second kappa shape index (κ2) is 17.9. The largest absolute Gasteiger partial charge is 0.493 e. The van der Waals surface area contributed by atoms with Crippen molar-refractivity contribution in [3.8, 4) is 28.4 Å². The van der Waals surface area contributed by atoms with Crippen molar-refractivity contribution in [2.75, 3.05) is 32.8 Å². The molecule has 0 radical (unpaired) electrons. The Balaban J connectivity index is 1.19. The number of nitrogens with zero attached hydrogens (tertiary/aromatic N) is 2. The van der Waals surface area contributed by atoms with E-state index in [9.17, 15) is 19.8 Å². The number of hydrogen-bond acceptors (Lipinski definition) is 9. The number of carboxylic acids is 1. The van der Waals surface area contributed by atoms with Crippen molar-refractivity contribution in [2.24, 2.45) is 0 Å². The van der Waals surface area contributed by atoms with Gasteiger partial charge in [-0.25, -0.2) is 0 Å². The van der Waals surface area contributed by atoms with E-state index in [0.717, 1.165) is 59.6 Å². The van der Waals surface area contributed by atoms with Gasteiger partial charge in [0.1, 0.15) is 36.5 Å². The number of carbonyl (C=O) groups is 2. The number of aliphatic hydroxyl groups excluding tert-OH is 1. The zero-order chi connectivity index (χ0) is 37.3. The fourth-order valence-corrected chi connectivity index (χ4v) is 6.92. The highest BCUT2D eigenvalue weighted by Gasteiger charge is 2.23. The van der Waals surface area contributed by atoms with Crippen molar-refractivity contribution in [1.82, 2.24) is 20.5 Å². The molecule has 4 aromatic rings. The number of likely N-dealkylation sites (tertiary alicyclic amines) is 1. The Hall–Kier alpha value is -4.68. The number of hydrogen-bond donors (Lipinski definition) is 4. The van der Waals surface area contributed by atoms with E-state index in [1.165, 1.54) is 6.20 Å². The summed E-state index contributed by atoms with van der Waals surface area (Å²) in [6.45, 7) is 8.16. The SMILES string of the molecule is Cc1c(COc2cc3c(cc2Cl)CN[C@H](C(=O)O)CCCCNC(=O)c2cncc(c2)CO3)cccc1-c1cccc(OCCCN2CC(O)C2)c1C. The number of rotatable bonds is 10. The lowest BCUT2D eigenvalue weighted by Gasteiger charge is -2.35. The molecule has 53 heavy (non-hydrogen) atoms. The first kappa shape index (κ1) is 38.1. The van der Waals surface area contributed by atoms with Crippen LogP contribution >= 0.6 is 11.6 Å². The van der Waals surface area contributed by atoms with Crippen LogP contribution in [0, 0.1) is 13.8 Å². The summed E-state index contributed by atoms with van der Waals surface area (Å²) in [5, 5.41) is 25.8. The van der Waals surface area contributed by atoms with Crippen LogP contribution in [0.1, 0.15) is 63.9 Å². The molecule has 11 nitrogen and oxygen atoms in total. The molecule has 280 valence electrons. The number of carboxylic acid groups (broad SMARTS) is 1. The number of benzene rings is 3. The second-order valence-corrected chi connectivity index (χ2v) is 14.1. The quantitative estimate of drug-likeness (QED) is 0.141. The van der Waals surface area contributed by atoms with Crippen LogP contribution in [0.5, 0.6) is 17.2 Å². The summed E-state index contributed by atoms with van der Waals surface area (Å²) in [7, 11) is 0. The molecule has 4 N–H and O–H groups in total. The third-order valence-corrected chi connectivity index (χ3v) is 10.1. The van der Waals surface area contributed by atoms with Gasteiger partial charge in [0.15, 0.2) is 0 Å². The normalized spacial score (nSPS) is 17.2. The predicted octanol–water partition coefficient (Wildman–Crippen LogP) is 6.08. The fourth-order valence-electron chi connectivity index (χ4n) is 6.68. The van der Waals surface area contributed by atoms with Crippen LogP contribution in [-0.2, 0) is 24.6 Å². The smallest absolute Gasteiger partial charge is 0.320 e. The van der Waals surface area contributed by atoms with Gasteiger partial charge < -0.3 is 35.1 Å². The maximum Gasteiger partial charge on any atom is 0.320 e. The molecule has 0 saturated carbocycles. The van der Waals surface area contributed by atoms with Crippen LogP contribution in [0.2, 0.25) is 5.02 Å². The molecule has 1 aromatic heterocycles. The summed E-state index contributed by atoms with van der Waals surface area (Å²) in [5.41, 5.74) is 7.09. The summed E-state index contributed by atoms with van der Waals surface area (Å²) in [4.78, 5) is 31.2. The molecule has 12 heteroatoms. The van der Waals surface area contributed by atoms with E-state index in [-0.39, 0.29) is 31.8 Å². The molecule has 1 atom stereocenters. The molecule has 0 unspecified atom stereocenters. The number of aliphatic carboxylic acids is 1. The Labute approximate surface area is 315 Å². The minimum atomic E-state index is -0.948. The molecule has 0 aliphatic carbocycles. The van der Waals surface area contributed by atoms with Crippen molar-refractivity contribution in [2.45, 2.75) is 71.4 Å². The number of aromatic nitrogens is 1. The van der Waals surface area contributed by atoms with Gasteiger partial charge in [0.2, 0.25) is 0 Å². The lowest BCUT2D eigenvalue weighted by atomic mass is 9.93. The minimum Gasteiger partial charge on any atom is -0.493 e. The fraction of sp³-hybridized carbons (Fsp3) is 0.390. The summed E-state index contributed by atoms with van der Waals surface area (Å²) in [6, 6.07) is 16.7. The Morgan fingerprint density at radius 3 is 2.60 bits per heavy atom. The van der Waals surface area contributed by atoms with Crippen molar-refractivity contribution in [3.63, 3.8) is 0 Å². The van der Waals surface area contributed by atoms with E-state index in [1.807, 2.05) is 24.3 Å². The molecule has 2 aliphatic rings. The van der Waals surface area contributed by atoms with Crippen LogP contribution in [0.15, 0.2) is 67.0 Å². The Bertz CT molecular complexity index is 1920. The number of ether oxygens (including phenoxy) is 3. The van der Waals surface area contributed by atoms with Gasteiger partial charge in [-0.15, -0.1) is 0 Å². The molecule has 1 fully saturated rings. The molecule has 1 saturated heterocycles. The molecule has 0 spiro atoms. The number of halogens is 1. The van der Waals surface area contributed by atoms with Crippen LogP contribution in [0.4, 0.5) is 0 Å². The Kier molecular flexibility index (Phi) is 12.9. The van der Waals surface area contributed by atoms with Gasteiger partial charge in [-0.05, 0) is 85.5 Å². The summed E-state index contributed by atoms with van der Waals surface area (Å²) in [5.74, 6) is 0.559. The summed E-state index contributed by atoms with van der Waals surface area (Å²) in [6.07, 6.45) is 5.51. The topological polar surface area (TPSA) is 142 Å². The third kappa shape index (κ3) is 9.85. The second-order valence-electron chi connectivity index (χ2n) is 13.7. The molecule has 3 aromatic carbocycles. The lowest BCUT2D eigenvalue weighted by molar-refractivity contribution is -0.139. The number of fused-ring (bicyclic) bond motifs is 3. The van der Waals surface area contributed by atoms with Crippen molar-refractivity contribution in [1.29, 1.82) is 0 Å². The van der Waals surface area contributed by atoms with E-state index in [1.54, 1.807) is 24.4 Å².